The number of morpholine rings is 1. The van der Waals surface area contributed by atoms with Crippen molar-refractivity contribution in [1.29, 1.82) is 0 Å². The normalized spacial score (nSPS) is 21.6. The van der Waals surface area contributed by atoms with Gasteiger partial charge >= 0.3 is 0 Å². The summed E-state index contributed by atoms with van der Waals surface area (Å²) < 4.78 is 29.3. The SMILES string of the molecule is CN=C(NCCS(=O)(=O)C(C)(C)C)NCC1(N2CCOCC2)CCCCC1.I. The summed E-state index contributed by atoms with van der Waals surface area (Å²) >= 11 is 0. The number of nitrogens with one attached hydrogen (secondary N) is 2. The van der Waals surface area contributed by atoms with Crippen LogP contribution in [0, 0.1) is 0 Å². The van der Waals surface area contributed by atoms with Gasteiger partial charge in [0.15, 0.2) is 15.8 Å². The third-order valence-electron chi connectivity index (χ3n) is 5.87. The Kier molecular flexibility index (Phi) is 10.5. The van der Waals surface area contributed by atoms with Crippen molar-refractivity contribution in [2.24, 2.45) is 4.99 Å². The van der Waals surface area contributed by atoms with Gasteiger partial charge in [0.25, 0.3) is 0 Å². The van der Waals surface area contributed by atoms with E-state index in [1.807, 2.05) is 0 Å². The van der Waals surface area contributed by atoms with Crippen LogP contribution in [0.5, 0.6) is 0 Å². The number of ether oxygens (including phenoxy) is 1. The molecule has 0 radical (unpaired) electrons. The van der Waals surface area contributed by atoms with Crippen LogP contribution in [0.3, 0.4) is 0 Å². The maximum Gasteiger partial charge on any atom is 0.191 e. The molecule has 0 aromatic carbocycles. The zero-order valence-corrected chi connectivity index (χ0v) is 21.1. The predicted molar refractivity (Wildman–Crippen MR) is 127 cm³/mol. The van der Waals surface area contributed by atoms with Crippen molar-refractivity contribution in [1.82, 2.24) is 15.5 Å². The first-order chi connectivity index (χ1) is 12.7. The number of hydrogen-bond donors (Lipinski definition) is 2. The highest BCUT2D eigenvalue weighted by Crippen LogP contribution is 2.33. The molecular weight excluding hydrogens is 491 g/mol. The molecule has 1 saturated carbocycles. The molecule has 0 bridgehead atoms. The van der Waals surface area contributed by atoms with E-state index in [4.69, 9.17) is 4.74 Å². The number of rotatable bonds is 6. The molecule has 7 nitrogen and oxygen atoms in total. The van der Waals surface area contributed by atoms with Crippen molar-refractivity contribution in [3.63, 3.8) is 0 Å². The van der Waals surface area contributed by atoms with Crippen molar-refractivity contribution in [2.45, 2.75) is 63.2 Å². The van der Waals surface area contributed by atoms with E-state index in [0.717, 1.165) is 32.8 Å². The van der Waals surface area contributed by atoms with E-state index >= 15 is 0 Å². The molecule has 0 spiro atoms. The van der Waals surface area contributed by atoms with E-state index in [1.165, 1.54) is 32.1 Å². The van der Waals surface area contributed by atoms with E-state index in [2.05, 4.69) is 20.5 Å². The second-order valence-electron chi connectivity index (χ2n) is 8.67. The lowest BCUT2D eigenvalue weighted by molar-refractivity contribution is -0.0352. The fraction of sp³-hybridized carbons (Fsp3) is 0.947. The molecule has 2 fully saturated rings. The molecule has 0 amide bonds. The molecule has 2 N–H and O–H groups in total. The quantitative estimate of drug-likeness (QED) is 0.311. The van der Waals surface area contributed by atoms with Gasteiger partial charge in [-0.05, 0) is 33.6 Å². The van der Waals surface area contributed by atoms with Crippen LogP contribution in [0.25, 0.3) is 0 Å². The van der Waals surface area contributed by atoms with Crippen LogP contribution < -0.4 is 10.6 Å². The number of guanidine groups is 1. The number of halogens is 1. The van der Waals surface area contributed by atoms with Gasteiger partial charge in [-0.15, -0.1) is 24.0 Å². The van der Waals surface area contributed by atoms with Gasteiger partial charge in [0, 0.05) is 38.8 Å². The second-order valence-corrected chi connectivity index (χ2v) is 11.5. The third kappa shape index (κ3) is 6.98. The van der Waals surface area contributed by atoms with Gasteiger partial charge in [-0.25, -0.2) is 8.42 Å². The molecule has 2 rings (SSSR count). The van der Waals surface area contributed by atoms with Gasteiger partial charge in [0.1, 0.15) is 0 Å². The smallest absolute Gasteiger partial charge is 0.191 e. The Morgan fingerprint density at radius 3 is 2.25 bits per heavy atom. The molecular formula is C19H39IN4O3S. The van der Waals surface area contributed by atoms with Crippen molar-refractivity contribution >= 4 is 39.8 Å². The topological polar surface area (TPSA) is 83.0 Å². The van der Waals surface area contributed by atoms with Crippen molar-refractivity contribution < 1.29 is 13.2 Å². The van der Waals surface area contributed by atoms with E-state index in [0.29, 0.717) is 12.5 Å². The Hall–Kier alpha value is -0.130. The summed E-state index contributed by atoms with van der Waals surface area (Å²) in [7, 11) is -1.40. The summed E-state index contributed by atoms with van der Waals surface area (Å²) in [6, 6.07) is 0. The first-order valence-corrected chi connectivity index (χ1v) is 11.9. The van der Waals surface area contributed by atoms with Gasteiger partial charge < -0.3 is 15.4 Å². The Morgan fingerprint density at radius 2 is 1.71 bits per heavy atom. The van der Waals surface area contributed by atoms with Gasteiger partial charge in [-0.3, -0.25) is 9.89 Å². The largest absolute Gasteiger partial charge is 0.379 e. The molecule has 1 aliphatic carbocycles. The molecule has 0 aromatic rings. The van der Waals surface area contributed by atoms with Crippen molar-refractivity contribution in [3.05, 3.63) is 0 Å². The predicted octanol–water partition coefficient (Wildman–Crippen LogP) is 2.02. The maximum atomic E-state index is 12.3. The number of hydrogen-bond acceptors (Lipinski definition) is 5. The summed E-state index contributed by atoms with van der Waals surface area (Å²) in [5.74, 6) is 0.781. The minimum atomic E-state index is -3.13. The maximum absolute atomic E-state index is 12.3. The van der Waals surface area contributed by atoms with Gasteiger partial charge in [-0.1, -0.05) is 19.3 Å². The highest BCUT2D eigenvalue weighted by Gasteiger charge is 2.38. The molecule has 2 aliphatic rings. The van der Waals surface area contributed by atoms with E-state index in [-0.39, 0.29) is 35.3 Å². The van der Waals surface area contributed by atoms with Gasteiger partial charge in [0.2, 0.25) is 0 Å². The van der Waals surface area contributed by atoms with Crippen LogP contribution >= 0.6 is 24.0 Å². The lowest BCUT2D eigenvalue weighted by Gasteiger charge is -2.48. The number of sulfone groups is 1. The first-order valence-electron chi connectivity index (χ1n) is 10.2. The van der Waals surface area contributed by atoms with Crippen LogP contribution in [0.2, 0.25) is 0 Å². The second kappa shape index (κ2) is 11.3. The minimum Gasteiger partial charge on any atom is -0.379 e. The lowest BCUT2D eigenvalue weighted by atomic mass is 9.80. The molecule has 0 aromatic heterocycles. The standard InChI is InChI=1S/C19H38N4O3S.HI/c1-18(2,3)27(24,25)15-10-21-17(20-4)22-16-19(8-6-5-7-9-19)23-11-13-26-14-12-23;/h5-16H2,1-4H3,(H2,20,21,22);1H. The summed E-state index contributed by atoms with van der Waals surface area (Å²) in [6.07, 6.45) is 6.21. The molecule has 1 saturated heterocycles. The Morgan fingerprint density at radius 1 is 1.11 bits per heavy atom. The van der Waals surface area contributed by atoms with Crippen LogP contribution in [0.4, 0.5) is 0 Å². The van der Waals surface area contributed by atoms with E-state index in [9.17, 15) is 8.42 Å². The average Bonchev–Trinajstić information content (AvgIpc) is 2.65. The summed E-state index contributed by atoms with van der Waals surface area (Å²) in [4.78, 5) is 6.87. The first kappa shape index (κ1) is 25.9. The fourth-order valence-corrected chi connectivity index (χ4v) is 4.91. The Bertz CT molecular complexity index is 593. The van der Waals surface area contributed by atoms with E-state index < -0.39 is 14.6 Å². The highest BCUT2D eigenvalue weighted by atomic mass is 127. The van der Waals surface area contributed by atoms with Gasteiger partial charge in [0.05, 0.1) is 23.7 Å². The zero-order chi connectivity index (χ0) is 20.0. The van der Waals surface area contributed by atoms with Crippen molar-refractivity contribution in [2.75, 3.05) is 52.2 Å². The van der Waals surface area contributed by atoms with Crippen LogP contribution in [0.15, 0.2) is 4.99 Å². The Balaban J connectivity index is 0.00000392. The summed E-state index contributed by atoms with van der Waals surface area (Å²) in [5, 5.41) is 6.64. The molecule has 9 heteroatoms. The lowest BCUT2D eigenvalue weighted by Crippen LogP contribution is -2.60. The molecule has 28 heavy (non-hydrogen) atoms. The monoisotopic (exact) mass is 530 g/mol. The molecule has 166 valence electrons. The molecule has 0 atom stereocenters. The average molecular weight is 531 g/mol. The van der Waals surface area contributed by atoms with Crippen molar-refractivity contribution in [3.8, 4) is 0 Å². The van der Waals surface area contributed by atoms with E-state index in [1.54, 1.807) is 27.8 Å². The third-order valence-corrected chi connectivity index (χ3v) is 8.48. The number of nitrogens with zero attached hydrogens (tertiary/aromatic N) is 2. The molecule has 1 aliphatic heterocycles. The van der Waals surface area contributed by atoms with Crippen LogP contribution in [-0.2, 0) is 14.6 Å². The van der Waals surface area contributed by atoms with Gasteiger partial charge in [-0.2, -0.15) is 0 Å². The van der Waals surface area contributed by atoms with Crippen LogP contribution in [0.1, 0.15) is 52.9 Å². The fourth-order valence-electron chi connectivity index (χ4n) is 3.93. The molecule has 1 heterocycles. The molecule has 0 unspecified atom stereocenters. The minimum absolute atomic E-state index is 0. The summed E-state index contributed by atoms with van der Waals surface area (Å²) in [6.45, 7) is 10.00. The summed E-state index contributed by atoms with van der Waals surface area (Å²) in [5.41, 5.74) is 0.150. The highest BCUT2D eigenvalue weighted by molar-refractivity contribution is 14.0. The number of aliphatic imine (C=N–C) groups is 1. The Labute approximate surface area is 188 Å². The zero-order valence-electron chi connectivity index (χ0n) is 17.9. The van der Waals surface area contributed by atoms with Crippen LogP contribution in [-0.4, -0.2) is 81.8 Å².